The summed E-state index contributed by atoms with van der Waals surface area (Å²) in [5.41, 5.74) is 0.534. The van der Waals surface area contributed by atoms with Gasteiger partial charge in [0.05, 0.1) is 5.54 Å². The van der Waals surface area contributed by atoms with Crippen LogP contribution in [0.5, 0.6) is 0 Å². The number of amides is 2. The Bertz CT molecular complexity index is 719. The van der Waals surface area contributed by atoms with Gasteiger partial charge in [-0.05, 0) is 37.0 Å². The molecule has 1 unspecified atom stereocenters. The average molecular weight is 373 g/mol. The van der Waals surface area contributed by atoms with E-state index in [1.54, 1.807) is 12.1 Å². The van der Waals surface area contributed by atoms with Crippen LogP contribution in [0.15, 0.2) is 24.3 Å². The fourth-order valence-electron chi connectivity index (χ4n) is 4.92. The molecule has 27 heavy (non-hydrogen) atoms. The van der Waals surface area contributed by atoms with Crippen molar-refractivity contribution in [2.75, 3.05) is 26.2 Å². The molecule has 4 rings (SSSR count). The molecule has 2 amide bonds. The first kappa shape index (κ1) is 18.4. The van der Waals surface area contributed by atoms with Crippen LogP contribution < -0.4 is 5.32 Å². The average Bonchev–Trinajstić information content (AvgIpc) is 3.27. The van der Waals surface area contributed by atoms with E-state index in [4.69, 9.17) is 0 Å². The van der Waals surface area contributed by atoms with E-state index in [0.29, 0.717) is 39.1 Å². The zero-order valence-corrected chi connectivity index (χ0v) is 15.8. The van der Waals surface area contributed by atoms with Gasteiger partial charge in [-0.2, -0.15) is 0 Å². The third kappa shape index (κ3) is 4.15. The lowest BCUT2D eigenvalue weighted by atomic mass is 9.97. The van der Waals surface area contributed by atoms with E-state index in [0.717, 1.165) is 37.7 Å². The van der Waals surface area contributed by atoms with E-state index in [1.165, 1.54) is 6.07 Å². The summed E-state index contributed by atoms with van der Waals surface area (Å²) < 4.78 is 13.5. The van der Waals surface area contributed by atoms with Crippen molar-refractivity contribution in [3.05, 3.63) is 35.6 Å². The van der Waals surface area contributed by atoms with E-state index >= 15 is 0 Å². The van der Waals surface area contributed by atoms with Crippen molar-refractivity contribution in [2.24, 2.45) is 5.92 Å². The molecule has 146 valence electrons. The van der Waals surface area contributed by atoms with Crippen LogP contribution in [0.3, 0.4) is 0 Å². The Morgan fingerprint density at radius 3 is 2.81 bits per heavy atom. The Morgan fingerprint density at radius 1 is 1.22 bits per heavy atom. The second-order valence-electron chi connectivity index (χ2n) is 8.41. The highest BCUT2D eigenvalue weighted by Gasteiger charge is 2.44. The van der Waals surface area contributed by atoms with Gasteiger partial charge in [0.1, 0.15) is 5.82 Å². The van der Waals surface area contributed by atoms with E-state index in [1.807, 2.05) is 11.0 Å². The van der Waals surface area contributed by atoms with Gasteiger partial charge in [-0.25, -0.2) is 4.39 Å². The second-order valence-corrected chi connectivity index (χ2v) is 8.41. The second kappa shape index (κ2) is 7.58. The van der Waals surface area contributed by atoms with Crippen molar-refractivity contribution in [3.63, 3.8) is 0 Å². The molecule has 1 atom stereocenters. The van der Waals surface area contributed by atoms with Crippen molar-refractivity contribution in [3.8, 4) is 0 Å². The molecule has 3 aliphatic rings. The lowest BCUT2D eigenvalue weighted by Gasteiger charge is -2.33. The number of halogens is 1. The number of benzene rings is 1. The number of nitrogens with one attached hydrogen (secondary N) is 1. The van der Waals surface area contributed by atoms with E-state index < -0.39 is 0 Å². The van der Waals surface area contributed by atoms with Crippen molar-refractivity contribution >= 4 is 11.8 Å². The standard InChI is InChI=1S/C21H28FN3O2/c22-18-7-3-4-16(12-18)13-24-10-8-19(26)23-21(14-24)9-11-25(15-21)20(27)17-5-1-2-6-17/h3-4,7,12,17H,1-2,5-6,8-11,13-15H2,(H,23,26). The van der Waals surface area contributed by atoms with Gasteiger partial charge in [0.25, 0.3) is 0 Å². The molecule has 1 spiro atoms. The molecule has 1 aromatic carbocycles. The van der Waals surface area contributed by atoms with Crippen LogP contribution in [-0.2, 0) is 16.1 Å². The molecule has 2 saturated heterocycles. The monoisotopic (exact) mass is 373 g/mol. The van der Waals surface area contributed by atoms with E-state index in [9.17, 15) is 14.0 Å². The molecule has 2 aliphatic heterocycles. The maximum absolute atomic E-state index is 13.5. The van der Waals surface area contributed by atoms with Crippen molar-refractivity contribution in [1.82, 2.24) is 15.1 Å². The van der Waals surface area contributed by atoms with Crippen LogP contribution in [0.1, 0.15) is 44.1 Å². The summed E-state index contributed by atoms with van der Waals surface area (Å²) in [6, 6.07) is 6.64. The molecule has 3 fully saturated rings. The largest absolute Gasteiger partial charge is 0.347 e. The Hall–Kier alpha value is -1.95. The molecular weight excluding hydrogens is 345 g/mol. The number of hydrogen-bond acceptors (Lipinski definition) is 3. The van der Waals surface area contributed by atoms with Crippen LogP contribution >= 0.6 is 0 Å². The van der Waals surface area contributed by atoms with E-state index in [2.05, 4.69) is 10.2 Å². The highest BCUT2D eigenvalue weighted by atomic mass is 19.1. The molecule has 5 nitrogen and oxygen atoms in total. The third-order valence-corrected chi connectivity index (χ3v) is 6.25. The minimum atomic E-state index is -0.380. The number of rotatable bonds is 3. The number of nitrogens with zero attached hydrogens (tertiary/aromatic N) is 2. The number of carbonyl (C=O) groups is 2. The van der Waals surface area contributed by atoms with Gasteiger partial charge in [0.15, 0.2) is 0 Å². The van der Waals surface area contributed by atoms with Crippen LogP contribution in [0.2, 0.25) is 0 Å². The summed E-state index contributed by atoms with van der Waals surface area (Å²) in [6.07, 6.45) is 5.52. The third-order valence-electron chi connectivity index (χ3n) is 6.25. The van der Waals surface area contributed by atoms with Crippen LogP contribution in [0.4, 0.5) is 4.39 Å². The summed E-state index contributed by atoms with van der Waals surface area (Å²) in [7, 11) is 0. The van der Waals surface area contributed by atoms with Gasteiger partial charge in [-0.15, -0.1) is 0 Å². The van der Waals surface area contributed by atoms with E-state index in [-0.39, 0.29) is 29.1 Å². The SMILES string of the molecule is O=C1CCN(Cc2cccc(F)c2)CC2(CCN(C(=O)C3CCCC3)C2)N1. The summed E-state index contributed by atoms with van der Waals surface area (Å²) in [5, 5.41) is 3.21. The Labute approximate surface area is 159 Å². The van der Waals surface area contributed by atoms with Gasteiger partial charge in [0.2, 0.25) is 11.8 Å². The van der Waals surface area contributed by atoms with Crippen molar-refractivity contribution in [1.29, 1.82) is 0 Å². The number of carbonyl (C=O) groups excluding carboxylic acids is 2. The van der Waals surface area contributed by atoms with Crippen LogP contribution in [0, 0.1) is 11.7 Å². The maximum Gasteiger partial charge on any atom is 0.225 e. The topological polar surface area (TPSA) is 52.7 Å². The minimum absolute atomic E-state index is 0.0481. The Morgan fingerprint density at radius 2 is 2.04 bits per heavy atom. The summed E-state index contributed by atoms with van der Waals surface area (Å²) in [4.78, 5) is 29.3. The van der Waals surface area contributed by atoms with Gasteiger partial charge in [-0.1, -0.05) is 25.0 Å². The lowest BCUT2D eigenvalue weighted by Crippen LogP contribution is -2.55. The van der Waals surface area contributed by atoms with Gasteiger partial charge >= 0.3 is 0 Å². The molecular formula is C21H28FN3O2. The maximum atomic E-state index is 13.5. The van der Waals surface area contributed by atoms with Gasteiger partial charge in [0, 0.05) is 45.1 Å². The van der Waals surface area contributed by atoms with Gasteiger partial charge in [-0.3, -0.25) is 14.5 Å². The lowest BCUT2D eigenvalue weighted by molar-refractivity contribution is -0.134. The fourth-order valence-corrected chi connectivity index (χ4v) is 4.92. The molecule has 1 aliphatic carbocycles. The quantitative estimate of drug-likeness (QED) is 0.885. The first-order valence-corrected chi connectivity index (χ1v) is 10.1. The molecule has 6 heteroatoms. The number of hydrogen-bond donors (Lipinski definition) is 1. The Kier molecular flexibility index (Phi) is 5.17. The van der Waals surface area contributed by atoms with Crippen LogP contribution in [0.25, 0.3) is 0 Å². The zero-order chi connectivity index (χ0) is 18.9. The Balaban J connectivity index is 1.45. The molecule has 0 radical (unpaired) electrons. The predicted molar refractivity (Wildman–Crippen MR) is 100 cm³/mol. The fraction of sp³-hybridized carbons (Fsp3) is 0.619. The highest BCUT2D eigenvalue weighted by molar-refractivity contribution is 5.81. The smallest absolute Gasteiger partial charge is 0.225 e. The predicted octanol–water partition coefficient (Wildman–Crippen LogP) is 2.31. The molecule has 1 N–H and O–H groups in total. The summed E-state index contributed by atoms with van der Waals surface area (Å²) in [6.45, 7) is 3.27. The minimum Gasteiger partial charge on any atom is -0.347 e. The normalized spacial score (nSPS) is 27.1. The first-order valence-electron chi connectivity index (χ1n) is 10.1. The summed E-state index contributed by atoms with van der Waals surface area (Å²) in [5.74, 6) is 0.247. The highest BCUT2D eigenvalue weighted by Crippen LogP contribution is 2.31. The zero-order valence-electron chi connectivity index (χ0n) is 15.8. The summed E-state index contributed by atoms with van der Waals surface area (Å²) >= 11 is 0. The van der Waals surface area contributed by atoms with Gasteiger partial charge < -0.3 is 10.2 Å². The molecule has 0 bridgehead atoms. The van der Waals surface area contributed by atoms with Crippen molar-refractivity contribution < 1.29 is 14.0 Å². The van der Waals surface area contributed by atoms with Crippen molar-refractivity contribution in [2.45, 2.75) is 50.6 Å². The number of likely N-dealkylation sites (tertiary alicyclic amines) is 1. The van der Waals surface area contributed by atoms with Crippen LogP contribution in [-0.4, -0.2) is 53.3 Å². The molecule has 1 saturated carbocycles. The molecule has 2 heterocycles. The first-order chi connectivity index (χ1) is 13.0. The molecule has 0 aromatic heterocycles. The molecule has 1 aromatic rings.